The van der Waals surface area contributed by atoms with Gasteiger partial charge in [-0.15, -0.1) is 0 Å². The highest BCUT2D eigenvalue weighted by atomic mass is 16.7. The highest BCUT2D eigenvalue weighted by Crippen LogP contribution is 2.21. The molecule has 0 aliphatic heterocycles. The van der Waals surface area contributed by atoms with Gasteiger partial charge in [0.05, 0.1) is 0 Å². The first-order chi connectivity index (χ1) is 17.8. The predicted octanol–water partition coefficient (Wildman–Crippen LogP) is 5.98. The second-order valence-electron chi connectivity index (χ2n) is 8.53. The van der Waals surface area contributed by atoms with Crippen LogP contribution in [-0.2, 0) is 25.7 Å². The average molecular weight is 483 g/mol. The zero-order valence-corrected chi connectivity index (χ0v) is 20.3. The molecule has 0 bridgehead atoms. The van der Waals surface area contributed by atoms with Crippen LogP contribution in [0.15, 0.2) is 85.7 Å². The van der Waals surface area contributed by atoms with Gasteiger partial charge < -0.3 is 9.47 Å². The zero-order valence-electron chi connectivity index (χ0n) is 20.3. The van der Waals surface area contributed by atoms with E-state index in [4.69, 9.17) is 9.47 Å². The number of unbranched alkanes of at least 4 members (excludes halogenated alkanes) is 2. The summed E-state index contributed by atoms with van der Waals surface area (Å²) in [6, 6.07) is 15.6. The minimum atomic E-state index is -0.833. The summed E-state index contributed by atoms with van der Waals surface area (Å²) in [4.78, 5) is 29.4. The van der Waals surface area contributed by atoms with Crippen molar-refractivity contribution in [3.63, 3.8) is 0 Å². The molecule has 4 aromatic heterocycles. The van der Waals surface area contributed by atoms with Crippen molar-refractivity contribution in [2.45, 2.75) is 51.4 Å². The van der Waals surface area contributed by atoms with Crippen molar-refractivity contribution >= 4 is 6.16 Å². The van der Waals surface area contributed by atoms with E-state index in [1.54, 1.807) is 24.8 Å². The maximum Gasteiger partial charge on any atom is 0.522 e. The molecule has 0 spiro atoms. The molecule has 0 atom stereocenters. The Bertz CT molecular complexity index is 1120. The van der Waals surface area contributed by atoms with Gasteiger partial charge >= 0.3 is 6.16 Å². The van der Waals surface area contributed by atoms with Crippen LogP contribution < -0.4 is 9.47 Å². The summed E-state index contributed by atoms with van der Waals surface area (Å²) in [5, 5.41) is 0. The minimum Gasteiger partial charge on any atom is -0.375 e. The molecule has 0 fully saturated rings. The number of nitrogens with zero attached hydrogens (tertiary/aromatic N) is 4. The van der Waals surface area contributed by atoms with Crippen LogP contribution in [0.2, 0.25) is 0 Å². The smallest absolute Gasteiger partial charge is 0.375 e. The fraction of sp³-hybridized carbons (Fsp3) is 0.276. The number of aromatic nitrogens is 4. The van der Waals surface area contributed by atoms with Crippen LogP contribution in [0.3, 0.4) is 0 Å². The second kappa shape index (κ2) is 13.7. The molecule has 0 aromatic carbocycles. The third kappa shape index (κ3) is 7.98. The summed E-state index contributed by atoms with van der Waals surface area (Å²) in [5.41, 5.74) is 4.17. The van der Waals surface area contributed by atoms with Crippen molar-refractivity contribution < 1.29 is 14.3 Å². The first kappa shape index (κ1) is 25.0. The van der Waals surface area contributed by atoms with Gasteiger partial charge in [0, 0.05) is 48.3 Å². The van der Waals surface area contributed by atoms with Gasteiger partial charge in [0.15, 0.2) is 0 Å². The van der Waals surface area contributed by atoms with Gasteiger partial charge in [-0.3, -0.25) is 9.97 Å². The van der Waals surface area contributed by atoms with Crippen molar-refractivity contribution in [3.05, 3.63) is 108 Å². The summed E-state index contributed by atoms with van der Waals surface area (Å²) in [6.45, 7) is 0. The first-order valence-corrected chi connectivity index (χ1v) is 12.3. The van der Waals surface area contributed by atoms with Gasteiger partial charge in [-0.25, -0.2) is 14.8 Å². The molecule has 36 heavy (non-hydrogen) atoms. The molecule has 0 unspecified atom stereocenters. The fourth-order valence-corrected chi connectivity index (χ4v) is 3.97. The number of pyridine rings is 4. The van der Waals surface area contributed by atoms with E-state index in [2.05, 4.69) is 32.1 Å². The topological polar surface area (TPSA) is 87.1 Å². The molecular weight excluding hydrogens is 452 g/mol. The molecule has 0 aliphatic rings. The molecule has 0 saturated heterocycles. The largest absolute Gasteiger partial charge is 0.522 e. The monoisotopic (exact) mass is 482 g/mol. The van der Waals surface area contributed by atoms with E-state index in [1.165, 1.54) is 11.1 Å². The summed E-state index contributed by atoms with van der Waals surface area (Å²) >= 11 is 0. The van der Waals surface area contributed by atoms with E-state index >= 15 is 0 Å². The molecule has 4 heterocycles. The molecule has 0 aliphatic carbocycles. The van der Waals surface area contributed by atoms with Gasteiger partial charge in [-0.1, -0.05) is 24.3 Å². The Morgan fingerprint density at radius 2 is 1.03 bits per heavy atom. The van der Waals surface area contributed by atoms with Crippen LogP contribution in [0.4, 0.5) is 4.79 Å². The number of carbonyl (C=O) groups is 1. The molecule has 0 saturated carbocycles. The van der Waals surface area contributed by atoms with E-state index in [-0.39, 0.29) is 11.8 Å². The van der Waals surface area contributed by atoms with Gasteiger partial charge in [-0.2, -0.15) is 0 Å². The Hall–Kier alpha value is -4.13. The Labute approximate surface area is 211 Å². The molecule has 0 N–H and O–H groups in total. The Balaban J connectivity index is 1.26. The van der Waals surface area contributed by atoms with Crippen molar-refractivity contribution in [1.29, 1.82) is 0 Å². The lowest BCUT2D eigenvalue weighted by Crippen LogP contribution is -2.17. The summed E-state index contributed by atoms with van der Waals surface area (Å²) < 4.78 is 10.9. The Kier molecular flexibility index (Phi) is 9.49. The Morgan fingerprint density at radius 3 is 1.47 bits per heavy atom. The van der Waals surface area contributed by atoms with Crippen LogP contribution in [0.5, 0.6) is 11.8 Å². The van der Waals surface area contributed by atoms with E-state index in [1.807, 2.05) is 48.8 Å². The number of hydrogen-bond donors (Lipinski definition) is 0. The van der Waals surface area contributed by atoms with E-state index in [0.717, 1.165) is 62.5 Å². The van der Waals surface area contributed by atoms with Crippen LogP contribution in [0.25, 0.3) is 0 Å². The van der Waals surface area contributed by atoms with Crippen molar-refractivity contribution in [2.24, 2.45) is 0 Å². The standard InChI is InChI=1S/C29H30N4O3/c34-29(35-27-25(15-7-19-32-27)13-3-1-9-23-11-5-17-30-21-23)36-28-26(16-8-20-33-28)14-4-2-10-24-12-6-18-31-22-24/h5-8,11-12,15-22H,1-4,9-10,13-14H2. The fourth-order valence-electron chi connectivity index (χ4n) is 3.97. The second-order valence-corrected chi connectivity index (χ2v) is 8.53. The third-order valence-corrected chi connectivity index (χ3v) is 5.83. The number of rotatable bonds is 12. The van der Waals surface area contributed by atoms with Crippen molar-refractivity contribution in [2.75, 3.05) is 0 Å². The minimum absolute atomic E-state index is 0.276. The number of hydrogen-bond acceptors (Lipinski definition) is 7. The lowest BCUT2D eigenvalue weighted by Gasteiger charge is -2.11. The maximum absolute atomic E-state index is 12.6. The Morgan fingerprint density at radius 1 is 0.583 bits per heavy atom. The lowest BCUT2D eigenvalue weighted by molar-refractivity contribution is 0.147. The van der Waals surface area contributed by atoms with Crippen LogP contribution in [-0.4, -0.2) is 26.1 Å². The maximum atomic E-state index is 12.6. The van der Waals surface area contributed by atoms with Crippen LogP contribution >= 0.6 is 0 Å². The first-order valence-electron chi connectivity index (χ1n) is 12.3. The molecule has 184 valence electrons. The highest BCUT2D eigenvalue weighted by Gasteiger charge is 2.15. The molecule has 7 heteroatoms. The van der Waals surface area contributed by atoms with Gasteiger partial charge in [0.2, 0.25) is 11.8 Å². The predicted molar refractivity (Wildman–Crippen MR) is 137 cm³/mol. The third-order valence-electron chi connectivity index (χ3n) is 5.83. The van der Waals surface area contributed by atoms with Crippen LogP contribution in [0, 0.1) is 0 Å². The van der Waals surface area contributed by atoms with Crippen molar-refractivity contribution in [3.8, 4) is 11.8 Å². The molecular formula is C29H30N4O3. The highest BCUT2D eigenvalue weighted by molar-refractivity contribution is 5.66. The number of ether oxygens (including phenoxy) is 2. The molecule has 7 nitrogen and oxygen atoms in total. The summed E-state index contributed by atoms with van der Waals surface area (Å²) in [7, 11) is 0. The molecule has 0 radical (unpaired) electrons. The molecule has 4 aromatic rings. The average Bonchev–Trinajstić information content (AvgIpc) is 2.92. The number of carbonyl (C=O) groups excluding carboxylic acids is 1. The van der Waals surface area contributed by atoms with E-state index < -0.39 is 6.16 Å². The van der Waals surface area contributed by atoms with E-state index in [0.29, 0.717) is 0 Å². The van der Waals surface area contributed by atoms with E-state index in [9.17, 15) is 4.79 Å². The SMILES string of the molecule is O=C(Oc1ncccc1CCCCc1cccnc1)Oc1ncccc1CCCCc1cccnc1. The summed E-state index contributed by atoms with van der Waals surface area (Å²) in [6.07, 6.45) is 17.0. The van der Waals surface area contributed by atoms with Crippen LogP contribution in [0.1, 0.15) is 47.9 Å². The lowest BCUT2D eigenvalue weighted by atomic mass is 10.1. The molecule has 0 amide bonds. The van der Waals surface area contributed by atoms with Gasteiger partial charge in [0.1, 0.15) is 0 Å². The summed E-state index contributed by atoms with van der Waals surface area (Å²) in [5.74, 6) is 0.552. The quantitative estimate of drug-likeness (QED) is 0.181. The molecule has 4 rings (SSSR count). The number of aryl methyl sites for hydroxylation is 4. The van der Waals surface area contributed by atoms with Gasteiger partial charge in [-0.05, 0) is 86.8 Å². The normalized spacial score (nSPS) is 10.7. The zero-order chi connectivity index (χ0) is 24.8. The van der Waals surface area contributed by atoms with Crippen molar-refractivity contribution in [1.82, 2.24) is 19.9 Å². The van der Waals surface area contributed by atoms with Gasteiger partial charge in [0.25, 0.3) is 0 Å².